The molecule has 0 radical (unpaired) electrons. The van der Waals surface area contributed by atoms with Crippen LogP contribution in [-0.2, 0) is 22.6 Å². The second-order valence-corrected chi connectivity index (χ2v) is 7.33. The van der Waals surface area contributed by atoms with Crippen LogP contribution in [0.15, 0.2) is 53.1 Å². The van der Waals surface area contributed by atoms with Gasteiger partial charge in [-0.1, -0.05) is 23.4 Å². The molecule has 32 heavy (non-hydrogen) atoms. The molecule has 8 heteroatoms. The number of nitrogens with one attached hydrogen (secondary N) is 1. The molecule has 1 aromatic heterocycles. The molecule has 0 aliphatic carbocycles. The Kier molecular flexibility index (Phi) is 7.96. The zero-order valence-corrected chi connectivity index (χ0v) is 18.6. The summed E-state index contributed by atoms with van der Waals surface area (Å²) in [5.74, 6) is 1.66. The molecule has 168 valence electrons. The largest absolute Gasteiger partial charge is 0.497 e. The van der Waals surface area contributed by atoms with Crippen molar-refractivity contribution in [3.8, 4) is 17.1 Å². The van der Waals surface area contributed by atoms with Gasteiger partial charge in [-0.15, -0.1) is 0 Å². The van der Waals surface area contributed by atoms with Crippen molar-refractivity contribution in [1.29, 1.82) is 0 Å². The molecule has 0 saturated carbocycles. The zero-order chi connectivity index (χ0) is 22.9. The summed E-state index contributed by atoms with van der Waals surface area (Å²) >= 11 is 0. The van der Waals surface area contributed by atoms with Gasteiger partial charge >= 0.3 is 0 Å². The Morgan fingerprint density at radius 2 is 1.88 bits per heavy atom. The van der Waals surface area contributed by atoms with E-state index in [0.717, 1.165) is 22.6 Å². The highest BCUT2D eigenvalue weighted by atomic mass is 16.5. The predicted molar refractivity (Wildman–Crippen MR) is 121 cm³/mol. The van der Waals surface area contributed by atoms with Gasteiger partial charge in [0.1, 0.15) is 5.75 Å². The first-order chi connectivity index (χ1) is 15.5. The molecule has 3 aromatic rings. The highest BCUT2D eigenvalue weighted by molar-refractivity contribution is 5.91. The lowest BCUT2D eigenvalue weighted by atomic mass is 10.1. The van der Waals surface area contributed by atoms with Crippen LogP contribution in [0.3, 0.4) is 0 Å². The van der Waals surface area contributed by atoms with E-state index in [2.05, 4.69) is 15.5 Å². The van der Waals surface area contributed by atoms with Crippen molar-refractivity contribution < 1.29 is 18.8 Å². The number of methoxy groups -OCH3 is 1. The average molecular weight is 437 g/mol. The number of aromatic nitrogens is 2. The standard InChI is InChI=1S/C24H28N4O4/c1-4-28(17(2)29)16-19-8-5-6-9-21(19)25-22(30)10-7-11-23-26-24(27-32-23)18-12-14-20(31-3)15-13-18/h5-6,8-9,12-15H,4,7,10-11,16H2,1-3H3,(H,25,30). The number of anilines is 1. The molecule has 3 rings (SSSR count). The lowest BCUT2D eigenvalue weighted by Crippen LogP contribution is -2.28. The Morgan fingerprint density at radius 3 is 2.56 bits per heavy atom. The van der Waals surface area contributed by atoms with Gasteiger partial charge in [-0.2, -0.15) is 4.98 Å². The number of nitrogens with zero attached hydrogens (tertiary/aromatic N) is 3. The van der Waals surface area contributed by atoms with Gasteiger partial charge in [-0.05, 0) is 49.2 Å². The molecule has 2 aromatic carbocycles. The maximum absolute atomic E-state index is 12.5. The summed E-state index contributed by atoms with van der Waals surface area (Å²) in [5.41, 5.74) is 2.46. The molecule has 2 amide bonds. The quantitative estimate of drug-likeness (QED) is 0.514. The zero-order valence-electron chi connectivity index (χ0n) is 18.6. The molecule has 0 unspecified atom stereocenters. The van der Waals surface area contributed by atoms with Crippen LogP contribution >= 0.6 is 0 Å². The van der Waals surface area contributed by atoms with Gasteiger partial charge in [-0.3, -0.25) is 9.59 Å². The Hall–Kier alpha value is -3.68. The molecule has 1 N–H and O–H groups in total. The van der Waals surface area contributed by atoms with Crippen LogP contribution in [0.1, 0.15) is 38.1 Å². The number of carbonyl (C=O) groups is 2. The van der Waals surface area contributed by atoms with E-state index < -0.39 is 0 Å². The fraction of sp³-hybridized carbons (Fsp3) is 0.333. The number of aryl methyl sites for hydroxylation is 1. The first-order valence-electron chi connectivity index (χ1n) is 10.6. The van der Waals surface area contributed by atoms with Crippen molar-refractivity contribution in [2.24, 2.45) is 0 Å². The van der Waals surface area contributed by atoms with Crippen LogP contribution in [0.5, 0.6) is 5.75 Å². The van der Waals surface area contributed by atoms with Gasteiger partial charge in [0.15, 0.2) is 0 Å². The lowest BCUT2D eigenvalue weighted by molar-refractivity contribution is -0.129. The molecule has 0 spiro atoms. The van der Waals surface area contributed by atoms with Crippen LogP contribution in [0.25, 0.3) is 11.4 Å². The van der Waals surface area contributed by atoms with Gasteiger partial charge in [0.05, 0.1) is 7.11 Å². The summed E-state index contributed by atoms with van der Waals surface area (Å²) in [6, 6.07) is 14.9. The monoisotopic (exact) mass is 436 g/mol. The maximum atomic E-state index is 12.5. The summed E-state index contributed by atoms with van der Waals surface area (Å²) in [4.78, 5) is 30.3. The number of ether oxygens (including phenoxy) is 1. The fourth-order valence-electron chi connectivity index (χ4n) is 3.26. The van der Waals surface area contributed by atoms with Crippen molar-refractivity contribution in [3.05, 3.63) is 60.0 Å². The van der Waals surface area contributed by atoms with Gasteiger partial charge in [0.2, 0.25) is 23.5 Å². The highest BCUT2D eigenvalue weighted by Crippen LogP contribution is 2.21. The van der Waals surface area contributed by atoms with E-state index in [4.69, 9.17) is 9.26 Å². The van der Waals surface area contributed by atoms with Crippen LogP contribution in [0.2, 0.25) is 0 Å². The molecule has 0 fully saturated rings. The van der Waals surface area contributed by atoms with Crippen molar-refractivity contribution >= 4 is 17.5 Å². The van der Waals surface area contributed by atoms with E-state index in [9.17, 15) is 9.59 Å². The smallest absolute Gasteiger partial charge is 0.226 e. The van der Waals surface area contributed by atoms with E-state index in [1.807, 2.05) is 55.5 Å². The van der Waals surface area contributed by atoms with Crippen molar-refractivity contribution in [2.45, 2.75) is 39.7 Å². The minimum absolute atomic E-state index is 0.00203. The number of hydrogen-bond donors (Lipinski definition) is 1. The second-order valence-electron chi connectivity index (χ2n) is 7.33. The van der Waals surface area contributed by atoms with Crippen molar-refractivity contribution in [3.63, 3.8) is 0 Å². The summed E-state index contributed by atoms with van der Waals surface area (Å²) in [6.45, 7) is 4.54. The maximum Gasteiger partial charge on any atom is 0.226 e. The van der Waals surface area contributed by atoms with E-state index >= 15 is 0 Å². The number of benzene rings is 2. The Labute approximate surface area is 187 Å². The lowest BCUT2D eigenvalue weighted by Gasteiger charge is -2.21. The SMILES string of the molecule is CCN(Cc1ccccc1NC(=O)CCCc1nc(-c2ccc(OC)cc2)no1)C(C)=O. The topological polar surface area (TPSA) is 97.6 Å². The average Bonchev–Trinajstić information content (AvgIpc) is 3.27. The fourth-order valence-corrected chi connectivity index (χ4v) is 3.26. The number of hydrogen-bond acceptors (Lipinski definition) is 6. The van der Waals surface area contributed by atoms with Gasteiger partial charge in [0.25, 0.3) is 0 Å². The summed E-state index contributed by atoms with van der Waals surface area (Å²) < 4.78 is 10.5. The second kappa shape index (κ2) is 11.1. The van der Waals surface area contributed by atoms with Crippen molar-refractivity contribution in [1.82, 2.24) is 15.0 Å². The molecule has 0 aliphatic rings. The van der Waals surface area contributed by atoms with Gasteiger partial charge in [-0.25, -0.2) is 0 Å². The van der Waals surface area contributed by atoms with E-state index in [-0.39, 0.29) is 11.8 Å². The Morgan fingerprint density at radius 1 is 1.12 bits per heavy atom. The third kappa shape index (κ3) is 6.16. The Bertz CT molecular complexity index is 1050. The molecule has 0 bridgehead atoms. The molecular weight excluding hydrogens is 408 g/mol. The summed E-state index contributed by atoms with van der Waals surface area (Å²) in [7, 11) is 1.61. The summed E-state index contributed by atoms with van der Waals surface area (Å²) in [6.07, 6.45) is 1.40. The number of rotatable bonds is 10. The van der Waals surface area contributed by atoms with Crippen LogP contribution in [-0.4, -0.2) is 40.5 Å². The minimum atomic E-state index is -0.0989. The predicted octanol–water partition coefficient (Wildman–Crippen LogP) is 4.08. The van der Waals surface area contributed by atoms with Crippen molar-refractivity contribution in [2.75, 3.05) is 19.0 Å². The number of carbonyl (C=O) groups excluding carboxylic acids is 2. The van der Waals surface area contributed by atoms with E-state index in [1.54, 1.807) is 18.9 Å². The molecule has 0 aliphatic heterocycles. The van der Waals surface area contributed by atoms with E-state index in [1.165, 1.54) is 0 Å². The van der Waals surface area contributed by atoms with Crippen LogP contribution < -0.4 is 10.1 Å². The number of para-hydroxylation sites is 1. The molecule has 0 saturated heterocycles. The van der Waals surface area contributed by atoms with Crippen LogP contribution in [0.4, 0.5) is 5.69 Å². The van der Waals surface area contributed by atoms with E-state index in [0.29, 0.717) is 44.1 Å². The number of amides is 2. The van der Waals surface area contributed by atoms with Gasteiger partial charge < -0.3 is 19.5 Å². The first kappa shape index (κ1) is 23.0. The third-order valence-electron chi connectivity index (χ3n) is 5.09. The highest BCUT2D eigenvalue weighted by Gasteiger charge is 2.13. The third-order valence-corrected chi connectivity index (χ3v) is 5.09. The molecule has 1 heterocycles. The summed E-state index contributed by atoms with van der Waals surface area (Å²) in [5, 5.41) is 6.96. The normalized spacial score (nSPS) is 10.6. The first-order valence-corrected chi connectivity index (χ1v) is 10.6. The Balaban J connectivity index is 1.52. The van der Waals surface area contributed by atoms with Crippen LogP contribution in [0, 0.1) is 0 Å². The minimum Gasteiger partial charge on any atom is -0.497 e. The molecular formula is C24H28N4O4. The molecule has 8 nitrogen and oxygen atoms in total. The van der Waals surface area contributed by atoms with Gasteiger partial charge in [0, 0.05) is 44.1 Å². The molecule has 0 atom stereocenters.